The van der Waals surface area contributed by atoms with E-state index in [1.807, 2.05) is 0 Å². The molecule has 0 unspecified atom stereocenters. The first-order chi connectivity index (χ1) is 7.70. The zero-order chi connectivity index (χ0) is 11.5. The third kappa shape index (κ3) is 1.96. The minimum absolute atomic E-state index is 0.324. The molecule has 0 aliphatic rings. The van der Waals surface area contributed by atoms with E-state index in [9.17, 15) is 0 Å². The summed E-state index contributed by atoms with van der Waals surface area (Å²) in [6.07, 6.45) is 2.11. The predicted octanol–water partition coefficient (Wildman–Crippen LogP) is 2.76. The summed E-state index contributed by atoms with van der Waals surface area (Å²) < 4.78 is 0. The number of hydrogen-bond acceptors (Lipinski definition) is 2. The van der Waals surface area contributed by atoms with Crippen LogP contribution in [0.3, 0.4) is 0 Å². The second-order valence-corrected chi connectivity index (χ2v) is 3.90. The van der Waals surface area contributed by atoms with Crippen LogP contribution in [0.25, 0.3) is 11.3 Å². The number of imidazole rings is 1. The first kappa shape index (κ1) is 10.4. The quantitative estimate of drug-likeness (QED) is 0.830. The van der Waals surface area contributed by atoms with Crippen LogP contribution < -0.4 is 0 Å². The van der Waals surface area contributed by atoms with E-state index in [4.69, 9.17) is 5.26 Å². The average molecular weight is 211 g/mol. The van der Waals surface area contributed by atoms with Gasteiger partial charge < -0.3 is 4.98 Å². The Balaban J connectivity index is 2.39. The number of aromatic nitrogens is 2. The summed E-state index contributed by atoms with van der Waals surface area (Å²) in [5.74, 6) is 0.720. The number of hydrogen-bond donors (Lipinski definition) is 1. The fourth-order valence-electron chi connectivity index (χ4n) is 1.78. The van der Waals surface area contributed by atoms with Gasteiger partial charge in [0.2, 0.25) is 0 Å². The third-order valence-corrected chi connectivity index (χ3v) is 2.55. The summed E-state index contributed by atoms with van der Waals surface area (Å²) in [4.78, 5) is 7.32. The molecule has 0 bridgehead atoms. The van der Waals surface area contributed by atoms with Gasteiger partial charge in [-0.2, -0.15) is 5.26 Å². The van der Waals surface area contributed by atoms with Crippen LogP contribution in [-0.4, -0.2) is 9.97 Å². The summed E-state index contributed by atoms with van der Waals surface area (Å²) in [6.45, 7) is 4.15. The lowest BCUT2D eigenvalue weighted by atomic mass is 10.0. The van der Waals surface area contributed by atoms with Gasteiger partial charge in [0.25, 0.3) is 0 Å². The Morgan fingerprint density at radius 3 is 2.88 bits per heavy atom. The smallest absolute Gasteiger partial charge is 0.120 e. The highest BCUT2D eigenvalue weighted by Gasteiger charge is 2.05. The molecule has 0 aliphatic heterocycles. The fourth-order valence-corrected chi connectivity index (χ4v) is 1.78. The van der Waals surface area contributed by atoms with Crippen LogP contribution in [0.2, 0.25) is 0 Å². The summed E-state index contributed by atoms with van der Waals surface area (Å²) in [6, 6.07) is 8.37. The molecule has 1 N–H and O–H groups in total. The highest BCUT2D eigenvalue weighted by molar-refractivity contribution is 5.63. The van der Waals surface area contributed by atoms with Gasteiger partial charge in [-0.3, -0.25) is 0 Å². The molecule has 0 saturated carbocycles. The van der Waals surface area contributed by atoms with Crippen molar-refractivity contribution >= 4 is 0 Å². The summed E-state index contributed by atoms with van der Waals surface area (Å²) in [5.41, 5.74) is 4.58. The topological polar surface area (TPSA) is 52.5 Å². The first-order valence-corrected chi connectivity index (χ1v) is 5.19. The number of H-pyrrole nitrogens is 1. The lowest BCUT2D eigenvalue weighted by Gasteiger charge is -2.03. The molecular weight excluding hydrogens is 198 g/mol. The maximum absolute atomic E-state index is 8.58. The van der Waals surface area contributed by atoms with Crippen LogP contribution in [0.15, 0.2) is 24.4 Å². The molecular formula is C13H13N3. The highest BCUT2D eigenvalue weighted by Crippen LogP contribution is 2.22. The van der Waals surface area contributed by atoms with Gasteiger partial charge in [-0.1, -0.05) is 23.8 Å². The van der Waals surface area contributed by atoms with Gasteiger partial charge >= 0.3 is 0 Å². The minimum Gasteiger partial charge on any atom is -0.341 e. The highest BCUT2D eigenvalue weighted by atomic mass is 14.9. The zero-order valence-corrected chi connectivity index (χ0v) is 9.41. The van der Waals surface area contributed by atoms with Crippen LogP contribution >= 0.6 is 0 Å². The Labute approximate surface area is 94.8 Å². The summed E-state index contributed by atoms with van der Waals surface area (Å²) in [7, 11) is 0. The molecule has 0 spiro atoms. The SMILES string of the molecule is Cc1ccc(-c2cnc(CC#N)[nH]2)c(C)c1. The molecule has 3 nitrogen and oxygen atoms in total. The number of nitrogens with one attached hydrogen (secondary N) is 1. The molecule has 0 amide bonds. The molecule has 0 radical (unpaired) electrons. The van der Waals surface area contributed by atoms with Crippen molar-refractivity contribution in [1.29, 1.82) is 5.26 Å². The number of nitrogens with zero attached hydrogens (tertiary/aromatic N) is 2. The lowest BCUT2D eigenvalue weighted by molar-refractivity contribution is 1.06. The van der Waals surface area contributed by atoms with Crippen LogP contribution in [-0.2, 0) is 6.42 Å². The summed E-state index contributed by atoms with van der Waals surface area (Å²) >= 11 is 0. The summed E-state index contributed by atoms with van der Waals surface area (Å²) in [5, 5.41) is 8.58. The Morgan fingerprint density at radius 2 is 2.19 bits per heavy atom. The van der Waals surface area contributed by atoms with Gasteiger partial charge in [-0.25, -0.2) is 4.98 Å². The van der Waals surface area contributed by atoms with E-state index in [0.717, 1.165) is 17.1 Å². The minimum atomic E-state index is 0.324. The zero-order valence-electron chi connectivity index (χ0n) is 9.41. The van der Waals surface area contributed by atoms with Gasteiger partial charge in [0.1, 0.15) is 5.82 Å². The molecule has 0 saturated heterocycles. The molecule has 0 fully saturated rings. The maximum Gasteiger partial charge on any atom is 0.120 e. The van der Waals surface area contributed by atoms with E-state index in [1.54, 1.807) is 6.20 Å². The van der Waals surface area contributed by atoms with E-state index in [0.29, 0.717) is 6.42 Å². The van der Waals surface area contributed by atoms with Crippen molar-refractivity contribution < 1.29 is 0 Å². The van der Waals surface area contributed by atoms with Gasteiger partial charge in [0.15, 0.2) is 0 Å². The monoisotopic (exact) mass is 211 g/mol. The number of aromatic amines is 1. The van der Waals surface area contributed by atoms with E-state index in [1.165, 1.54) is 11.1 Å². The second kappa shape index (κ2) is 4.19. The fraction of sp³-hybridized carbons (Fsp3) is 0.231. The van der Waals surface area contributed by atoms with E-state index < -0.39 is 0 Å². The van der Waals surface area contributed by atoms with Crippen molar-refractivity contribution in [2.45, 2.75) is 20.3 Å². The molecule has 0 aliphatic carbocycles. The largest absolute Gasteiger partial charge is 0.341 e. The lowest BCUT2D eigenvalue weighted by Crippen LogP contribution is -1.86. The Kier molecular flexibility index (Phi) is 2.74. The van der Waals surface area contributed by atoms with Crippen molar-refractivity contribution in [3.63, 3.8) is 0 Å². The van der Waals surface area contributed by atoms with E-state index in [2.05, 4.69) is 48.1 Å². The van der Waals surface area contributed by atoms with E-state index >= 15 is 0 Å². The van der Waals surface area contributed by atoms with Crippen LogP contribution in [0, 0.1) is 25.2 Å². The van der Waals surface area contributed by atoms with Crippen molar-refractivity contribution in [3.05, 3.63) is 41.3 Å². The van der Waals surface area contributed by atoms with Crippen LogP contribution in [0.5, 0.6) is 0 Å². The van der Waals surface area contributed by atoms with Crippen molar-refractivity contribution in [1.82, 2.24) is 9.97 Å². The molecule has 1 heterocycles. The predicted molar refractivity (Wildman–Crippen MR) is 62.8 cm³/mol. The molecule has 16 heavy (non-hydrogen) atoms. The Hall–Kier alpha value is -2.08. The number of benzene rings is 1. The van der Waals surface area contributed by atoms with Crippen LogP contribution in [0.4, 0.5) is 0 Å². The van der Waals surface area contributed by atoms with Gasteiger partial charge in [0.05, 0.1) is 24.4 Å². The standard InChI is InChI=1S/C13H13N3/c1-9-3-4-11(10(2)7-9)12-8-15-13(16-12)5-6-14/h3-4,7-8H,5H2,1-2H3,(H,15,16). The molecule has 3 heteroatoms. The van der Waals surface area contributed by atoms with Crippen LogP contribution in [0.1, 0.15) is 17.0 Å². The molecule has 1 aromatic heterocycles. The van der Waals surface area contributed by atoms with Gasteiger partial charge in [-0.05, 0) is 19.4 Å². The van der Waals surface area contributed by atoms with Crippen molar-refractivity contribution in [2.24, 2.45) is 0 Å². The third-order valence-electron chi connectivity index (χ3n) is 2.55. The number of aryl methyl sites for hydroxylation is 2. The number of rotatable bonds is 2. The molecule has 1 aromatic carbocycles. The van der Waals surface area contributed by atoms with Crippen molar-refractivity contribution in [2.75, 3.05) is 0 Å². The molecule has 2 rings (SSSR count). The Bertz CT molecular complexity index is 547. The maximum atomic E-state index is 8.58. The normalized spacial score (nSPS) is 10.1. The molecule has 0 atom stereocenters. The molecule has 2 aromatic rings. The first-order valence-electron chi connectivity index (χ1n) is 5.19. The van der Waals surface area contributed by atoms with Gasteiger partial charge in [0, 0.05) is 5.56 Å². The van der Waals surface area contributed by atoms with E-state index in [-0.39, 0.29) is 0 Å². The number of nitriles is 1. The average Bonchev–Trinajstić information content (AvgIpc) is 2.67. The Morgan fingerprint density at radius 1 is 1.38 bits per heavy atom. The molecule has 80 valence electrons. The second-order valence-electron chi connectivity index (χ2n) is 3.90. The van der Waals surface area contributed by atoms with Gasteiger partial charge in [-0.15, -0.1) is 0 Å². The van der Waals surface area contributed by atoms with Crippen molar-refractivity contribution in [3.8, 4) is 17.3 Å².